The lowest BCUT2D eigenvalue weighted by Gasteiger charge is -2.21. The van der Waals surface area contributed by atoms with E-state index < -0.39 is 0 Å². The molecule has 3 rings (SSSR count). The van der Waals surface area contributed by atoms with E-state index in [1.165, 1.54) is 11.1 Å². The fourth-order valence-corrected chi connectivity index (χ4v) is 2.84. The van der Waals surface area contributed by atoms with Crippen molar-refractivity contribution in [3.05, 3.63) is 70.8 Å². The van der Waals surface area contributed by atoms with E-state index in [0.29, 0.717) is 0 Å². The standard InChI is InChI=1S/C18H20N2O/c1-13(14-6-3-2-4-7-14)20-18(21)17-9-5-8-15-12-19-11-10-16(15)17/h2-9,13,19H,10-12H2,1H3,(H,20,21)/t13-/m0/s1. The normalized spacial score (nSPS) is 15.1. The molecule has 0 saturated heterocycles. The second kappa shape index (κ2) is 6.10. The number of fused-ring (bicyclic) bond motifs is 1. The summed E-state index contributed by atoms with van der Waals surface area (Å²) in [5.41, 5.74) is 4.37. The molecule has 2 N–H and O–H groups in total. The van der Waals surface area contributed by atoms with Crippen molar-refractivity contribution >= 4 is 5.91 Å². The third-order valence-electron chi connectivity index (χ3n) is 4.03. The second-order valence-corrected chi connectivity index (χ2v) is 5.48. The van der Waals surface area contributed by atoms with Crippen LogP contribution in [0.5, 0.6) is 0 Å². The third kappa shape index (κ3) is 2.98. The van der Waals surface area contributed by atoms with E-state index in [0.717, 1.165) is 30.6 Å². The minimum Gasteiger partial charge on any atom is -0.346 e. The largest absolute Gasteiger partial charge is 0.346 e. The maximum Gasteiger partial charge on any atom is 0.252 e. The van der Waals surface area contributed by atoms with E-state index in [4.69, 9.17) is 0 Å². The van der Waals surface area contributed by atoms with Gasteiger partial charge in [0.25, 0.3) is 5.91 Å². The summed E-state index contributed by atoms with van der Waals surface area (Å²) >= 11 is 0. The highest BCUT2D eigenvalue weighted by Gasteiger charge is 2.18. The molecular weight excluding hydrogens is 260 g/mol. The first-order valence-electron chi connectivity index (χ1n) is 7.43. The molecule has 21 heavy (non-hydrogen) atoms. The number of nitrogens with one attached hydrogen (secondary N) is 2. The van der Waals surface area contributed by atoms with E-state index in [9.17, 15) is 4.79 Å². The minimum atomic E-state index is 0.0104. The highest BCUT2D eigenvalue weighted by molar-refractivity contribution is 5.96. The van der Waals surface area contributed by atoms with E-state index in [-0.39, 0.29) is 11.9 Å². The molecule has 108 valence electrons. The maximum absolute atomic E-state index is 12.6. The summed E-state index contributed by atoms with van der Waals surface area (Å²) in [7, 11) is 0. The van der Waals surface area contributed by atoms with Gasteiger partial charge in [-0.15, -0.1) is 0 Å². The van der Waals surface area contributed by atoms with Gasteiger partial charge in [-0.1, -0.05) is 42.5 Å². The van der Waals surface area contributed by atoms with Crippen LogP contribution in [0.4, 0.5) is 0 Å². The second-order valence-electron chi connectivity index (χ2n) is 5.48. The van der Waals surface area contributed by atoms with Crippen LogP contribution in [0.1, 0.15) is 40.0 Å². The molecule has 0 saturated carbocycles. The topological polar surface area (TPSA) is 41.1 Å². The average Bonchev–Trinajstić information content (AvgIpc) is 2.55. The van der Waals surface area contributed by atoms with Crippen LogP contribution >= 0.6 is 0 Å². The van der Waals surface area contributed by atoms with Gasteiger partial charge >= 0.3 is 0 Å². The van der Waals surface area contributed by atoms with Crippen LogP contribution in [-0.2, 0) is 13.0 Å². The Morgan fingerprint density at radius 2 is 1.95 bits per heavy atom. The van der Waals surface area contributed by atoms with E-state index >= 15 is 0 Å². The van der Waals surface area contributed by atoms with E-state index in [1.807, 2.05) is 49.4 Å². The molecule has 1 heterocycles. The molecule has 1 atom stereocenters. The third-order valence-corrected chi connectivity index (χ3v) is 4.03. The molecule has 3 nitrogen and oxygen atoms in total. The molecule has 0 fully saturated rings. The van der Waals surface area contributed by atoms with Crippen molar-refractivity contribution in [2.24, 2.45) is 0 Å². The smallest absolute Gasteiger partial charge is 0.252 e. The summed E-state index contributed by atoms with van der Waals surface area (Å²) in [6.45, 7) is 3.81. The number of rotatable bonds is 3. The average molecular weight is 280 g/mol. The Kier molecular flexibility index (Phi) is 4.02. The Morgan fingerprint density at radius 1 is 1.14 bits per heavy atom. The van der Waals surface area contributed by atoms with Gasteiger partial charge in [-0.2, -0.15) is 0 Å². The van der Waals surface area contributed by atoms with Gasteiger partial charge in [0.2, 0.25) is 0 Å². The Labute approximate surface area is 125 Å². The summed E-state index contributed by atoms with van der Waals surface area (Å²) < 4.78 is 0. The summed E-state index contributed by atoms with van der Waals surface area (Å²) in [5, 5.41) is 6.45. The zero-order chi connectivity index (χ0) is 14.7. The highest BCUT2D eigenvalue weighted by atomic mass is 16.1. The van der Waals surface area contributed by atoms with Gasteiger partial charge in [0.05, 0.1) is 6.04 Å². The van der Waals surface area contributed by atoms with Crippen LogP contribution in [0.2, 0.25) is 0 Å². The Hall–Kier alpha value is -2.13. The van der Waals surface area contributed by atoms with Crippen molar-refractivity contribution in [1.29, 1.82) is 0 Å². The lowest BCUT2D eigenvalue weighted by molar-refractivity contribution is 0.0938. The Morgan fingerprint density at radius 3 is 2.76 bits per heavy atom. The van der Waals surface area contributed by atoms with E-state index in [1.54, 1.807) is 0 Å². The summed E-state index contributed by atoms with van der Waals surface area (Å²) in [5.74, 6) is 0.0186. The van der Waals surface area contributed by atoms with Crippen LogP contribution in [0, 0.1) is 0 Å². The van der Waals surface area contributed by atoms with Crippen LogP contribution in [0.25, 0.3) is 0 Å². The van der Waals surface area contributed by atoms with Crippen LogP contribution in [0.15, 0.2) is 48.5 Å². The molecule has 2 aromatic carbocycles. The molecule has 0 spiro atoms. The van der Waals surface area contributed by atoms with E-state index in [2.05, 4.69) is 16.7 Å². The van der Waals surface area contributed by atoms with Crippen LogP contribution < -0.4 is 10.6 Å². The number of amides is 1. The first kappa shape index (κ1) is 13.8. The Balaban J connectivity index is 1.80. The zero-order valence-corrected chi connectivity index (χ0v) is 12.2. The van der Waals surface area contributed by atoms with Crippen molar-refractivity contribution in [3.63, 3.8) is 0 Å². The first-order valence-corrected chi connectivity index (χ1v) is 7.43. The fourth-order valence-electron chi connectivity index (χ4n) is 2.84. The molecule has 1 amide bonds. The number of carbonyl (C=O) groups is 1. The SMILES string of the molecule is C[C@H](NC(=O)c1cccc2c1CCNC2)c1ccccc1. The van der Waals surface area contributed by atoms with Crippen molar-refractivity contribution < 1.29 is 4.79 Å². The summed E-state index contributed by atoms with van der Waals surface area (Å²) in [4.78, 5) is 12.6. The predicted octanol–water partition coefficient (Wildman–Crippen LogP) is 2.82. The van der Waals surface area contributed by atoms with Crippen molar-refractivity contribution in [2.45, 2.75) is 25.9 Å². The monoisotopic (exact) mass is 280 g/mol. The maximum atomic E-state index is 12.6. The van der Waals surface area contributed by atoms with Gasteiger partial charge in [0.15, 0.2) is 0 Å². The van der Waals surface area contributed by atoms with Gasteiger partial charge in [0.1, 0.15) is 0 Å². The Bertz CT molecular complexity index is 637. The molecule has 3 heteroatoms. The van der Waals surface area contributed by atoms with Crippen molar-refractivity contribution in [2.75, 3.05) is 6.54 Å². The number of carbonyl (C=O) groups excluding carboxylic acids is 1. The van der Waals surface area contributed by atoms with Crippen LogP contribution in [0.3, 0.4) is 0 Å². The molecular formula is C18H20N2O. The minimum absolute atomic E-state index is 0.0104. The van der Waals surface area contributed by atoms with Gasteiger partial charge in [0, 0.05) is 12.1 Å². The lowest BCUT2D eigenvalue weighted by atomic mass is 9.95. The fraction of sp³-hybridized carbons (Fsp3) is 0.278. The molecule has 0 unspecified atom stereocenters. The molecule has 0 aromatic heterocycles. The first-order chi connectivity index (χ1) is 10.3. The predicted molar refractivity (Wildman–Crippen MR) is 84.2 cm³/mol. The molecule has 0 radical (unpaired) electrons. The molecule has 0 aliphatic carbocycles. The van der Waals surface area contributed by atoms with Gasteiger partial charge in [-0.05, 0) is 42.6 Å². The lowest BCUT2D eigenvalue weighted by Crippen LogP contribution is -2.30. The molecule has 1 aliphatic rings. The number of hydrogen-bond acceptors (Lipinski definition) is 2. The van der Waals surface area contributed by atoms with Crippen LogP contribution in [-0.4, -0.2) is 12.5 Å². The summed E-state index contributed by atoms with van der Waals surface area (Å²) in [6, 6.07) is 16.0. The highest BCUT2D eigenvalue weighted by Crippen LogP contribution is 2.20. The molecule has 2 aromatic rings. The quantitative estimate of drug-likeness (QED) is 0.907. The van der Waals surface area contributed by atoms with Gasteiger partial charge < -0.3 is 10.6 Å². The van der Waals surface area contributed by atoms with Crippen molar-refractivity contribution in [1.82, 2.24) is 10.6 Å². The number of benzene rings is 2. The molecule has 1 aliphatic heterocycles. The summed E-state index contributed by atoms with van der Waals surface area (Å²) in [6.07, 6.45) is 0.915. The van der Waals surface area contributed by atoms with Crippen molar-refractivity contribution in [3.8, 4) is 0 Å². The number of hydrogen-bond donors (Lipinski definition) is 2. The van der Waals surface area contributed by atoms with Gasteiger partial charge in [-0.25, -0.2) is 0 Å². The molecule has 0 bridgehead atoms. The van der Waals surface area contributed by atoms with Gasteiger partial charge in [-0.3, -0.25) is 4.79 Å². The zero-order valence-electron chi connectivity index (χ0n) is 12.2.